The van der Waals surface area contributed by atoms with E-state index in [-0.39, 0.29) is 17.7 Å². The lowest BCUT2D eigenvalue weighted by atomic mass is 9.80. The maximum Gasteiger partial charge on any atom is 0.220 e. The van der Waals surface area contributed by atoms with Crippen LogP contribution in [0.2, 0.25) is 0 Å². The zero-order chi connectivity index (χ0) is 15.0. The second-order valence-electron chi connectivity index (χ2n) is 5.05. The van der Waals surface area contributed by atoms with Gasteiger partial charge in [-0.3, -0.25) is 0 Å². The number of anilines is 1. The van der Waals surface area contributed by atoms with E-state index in [1.54, 1.807) is 12.3 Å². The smallest absolute Gasteiger partial charge is 0.220 e. The molecule has 3 rings (SSSR count). The molecule has 21 heavy (non-hydrogen) atoms. The van der Waals surface area contributed by atoms with Crippen molar-refractivity contribution in [3.05, 3.63) is 56.4 Å². The first-order valence-electron chi connectivity index (χ1n) is 6.47. The summed E-state index contributed by atoms with van der Waals surface area (Å²) in [5.74, 6) is -0.0971. The van der Waals surface area contributed by atoms with Crippen LogP contribution < -0.4 is 5.73 Å². The molecule has 1 aromatic heterocycles. The molecule has 0 bridgehead atoms. The Bertz CT molecular complexity index is 709. The molecule has 0 saturated carbocycles. The fourth-order valence-corrected chi connectivity index (χ4v) is 3.44. The standard InChI is InChI=1S/C14H12BrFN4O/c15-11-5-8(16)1-2-9(11)7-3-12-10(13(4-7)20-21)6-18-14(17)19-12/h1-2,5-7,13H,3-4H2,(H2,17,18,19). The Labute approximate surface area is 128 Å². The van der Waals surface area contributed by atoms with Gasteiger partial charge in [-0.05, 0) is 36.5 Å². The molecule has 1 aromatic carbocycles. The molecule has 2 atom stereocenters. The molecule has 0 radical (unpaired) electrons. The van der Waals surface area contributed by atoms with Gasteiger partial charge in [-0.2, -0.15) is 4.91 Å². The van der Waals surface area contributed by atoms with Gasteiger partial charge in [-0.15, -0.1) is 0 Å². The molecule has 0 spiro atoms. The Balaban J connectivity index is 2.01. The van der Waals surface area contributed by atoms with Crippen molar-refractivity contribution in [1.29, 1.82) is 0 Å². The highest BCUT2D eigenvalue weighted by Gasteiger charge is 2.31. The molecule has 2 unspecified atom stereocenters. The lowest BCUT2D eigenvalue weighted by Crippen LogP contribution is -2.19. The lowest BCUT2D eigenvalue weighted by molar-refractivity contribution is 0.490. The molecule has 5 nitrogen and oxygen atoms in total. The number of nitroso groups, excluding NO2 is 1. The molecule has 2 aromatic rings. The first-order chi connectivity index (χ1) is 10.1. The zero-order valence-electron chi connectivity index (χ0n) is 11.0. The van der Waals surface area contributed by atoms with E-state index < -0.39 is 6.04 Å². The largest absolute Gasteiger partial charge is 0.368 e. The van der Waals surface area contributed by atoms with Gasteiger partial charge in [0.1, 0.15) is 11.9 Å². The van der Waals surface area contributed by atoms with Crippen molar-refractivity contribution in [1.82, 2.24) is 9.97 Å². The van der Waals surface area contributed by atoms with Gasteiger partial charge in [0.2, 0.25) is 5.95 Å². The average molecular weight is 351 g/mol. The molecule has 2 N–H and O–H groups in total. The quantitative estimate of drug-likeness (QED) is 0.840. The lowest BCUT2D eigenvalue weighted by Gasteiger charge is -2.27. The number of aromatic nitrogens is 2. The Morgan fingerprint density at radius 3 is 2.90 bits per heavy atom. The van der Waals surface area contributed by atoms with Crippen LogP contribution in [0.4, 0.5) is 10.3 Å². The minimum Gasteiger partial charge on any atom is -0.368 e. The Kier molecular flexibility index (Phi) is 3.67. The summed E-state index contributed by atoms with van der Waals surface area (Å²) in [5, 5.41) is 3.18. The zero-order valence-corrected chi connectivity index (χ0v) is 12.5. The monoisotopic (exact) mass is 350 g/mol. The van der Waals surface area contributed by atoms with Crippen LogP contribution in [0.25, 0.3) is 0 Å². The average Bonchev–Trinajstić information content (AvgIpc) is 2.45. The third kappa shape index (κ3) is 2.65. The van der Waals surface area contributed by atoms with Crippen LogP contribution >= 0.6 is 15.9 Å². The van der Waals surface area contributed by atoms with Gasteiger partial charge in [0.05, 0.1) is 5.69 Å². The Morgan fingerprint density at radius 2 is 2.19 bits per heavy atom. The summed E-state index contributed by atoms with van der Waals surface area (Å²) in [7, 11) is 0. The number of hydrogen-bond donors (Lipinski definition) is 1. The minimum atomic E-state index is -0.503. The fourth-order valence-electron chi connectivity index (χ4n) is 2.77. The number of nitrogen functional groups attached to an aromatic ring is 1. The van der Waals surface area contributed by atoms with Crippen molar-refractivity contribution in [2.24, 2.45) is 5.18 Å². The maximum atomic E-state index is 13.2. The van der Waals surface area contributed by atoms with E-state index in [2.05, 4.69) is 31.1 Å². The van der Waals surface area contributed by atoms with Crippen molar-refractivity contribution in [3.63, 3.8) is 0 Å². The molecule has 0 aliphatic heterocycles. The van der Waals surface area contributed by atoms with Gasteiger partial charge in [-0.1, -0.05) is 27.2 Å². The Hall–Kier alpha value is -1.89. The maximum absolute atomic E-state index is 13.2. The summed E-state index contributed by atoms with van der Waals surface area (Å²) in [6.07, 6.45) is 2.74. The first-order valence-corrected chi connectivity index (χ1v) is 7.26. The van der Waals surface area contributed by atoms with E-state index in [0.717, 1.165) is 16.8 Å². The number of rotatable bonds is 2. The number of nitrogens with zero attached hydrogens (tertiary/aromatic N) is 3. The van der Waals surface area contributed by atoms with Gasteiger partial charge in [0.15, 0.2) is 0 Å². The normalized spacial score (nSPS) is 20.9. The predicted molar refractivity (Wildman–Crippen MR) is 80.1 cm³/mol. The number of hydrogen-bond acceptors (Lipinski definition) is 5. The predicted octanol–water partition coefficient (Wildman–Crippen LogP) is 3.50. The van der Waals surface area contributed by atoms with Crippen LogP contribution in [0, 0.1) is 10.7 Å². The topological polar surface area (TPSA) is 81.2 Å². The summed E-state index contributed by atoms with van der Waals surface area (Å²) in [4.78, 5) is 19.3. The van der Waals surface area contributed by atoms with Crippen LogP contribution in [0.15, 0.2) is 34.0 Å². The van der Waals surface area contributed by atoms with Crippen molar-refractivity contribution >= 4 is 21.9 Å². The summed E-state index contributed by atoms with van der Waals surface area (Å²) >= 11 is 3.37. The highest BCUT2D eigenvalue weighted by Crippen LogP contribution is 2.41. The van der Waals surface area contributed by atoms with Crippen molar-refractivity contribution in [3.8, 4) is 0 Å². The summed E-state index contributed by atoms with van der Waals surface area (Å²) in [6, 6.07) is 4.05. The number of benzene rings is 1. The molecule has 1 aliphatic carbocycles. The fraction of sp³-hybridized carbons (Fsp3) is 0.286. The second kappa shape index (κ2) is 5.48. The van der Waals surface area contributed by atoms with Crippen molar-refractivity contribution < 1.29 is 4.39 Å². The highest BCUT2D eigenvalue weighted by atomic mass is 79.9. The summed E-state index contributed by atoms with van der Waals surface area (Å²) in [5.41, 5.74) is 8.02. The van der Waals surface area contributed by atoms with Crippen LogP contribution in [0.3, 0.4) is 0 Å². The molecule has 1 aliphatic rings. The van der Waals surface area contributed by atoms with E-state index in [0.29, 0.717) is 17.3 Å². The number of fused-ring (bicyclic) bond motifs is 1. The van der Waals surface area contributed by atoms with Gasteiger partial charge < -0.3 is 5.73 Å². The van der Waals surface area contributed by atoms with E-state index in [1.807, 2.05) is 0 Å². The van der Waals surface area contributed by atoms with Crippen LogP contribution in [-0.2, 0) is 6.42 Å². The molecular weight excluding hydrogens is 339 g/mol. The second-order valence-corrected chi connectivity index (χ2v) is 5.91. The molecule has 0 fully saturated rings. The van der Waals surface area contributed by atoms with Crippen molar-refractivity contribution in [2.45, 2.75) is 24.8 Å². The van der Waals surface area contributed by atoms with Gasteiger partial charge >= 0.3 is 0 Å². The number of nitrogens with two attached hydrogens (primary N) is 1. The first kappa shape index (κ1) is 14.1. The molecule has 1 heterocycles. The number of halogens is 2. The van der Waals surface area contributed by atoms with Crippen LogP contribution in [0.1, 0.15) is 35.2 Å². The molecule has 108 valence electrons. The van der Waals surface area contributed by atoms with Gasteiger partial charge in [-0.25, -0.2) is 14.4 Å². The van der Waals surface area contributed by atoms with E-state index in [4.69, 9.17) is 5.73 Å². The molecule has 0 saturated heterocycles. The van der Waals surface area contributed by atoms with Crippen molar-refractivity contribution in [2.75, 3.05) is 5.73 Å². The third-order valence-electron chi connectivity index (χ3n) is 3.75. The summed E-state index contributed by atoms with van der Waals surface area (Å²) in [6.45, 7) is 0. The molecule has 7 heteroatoms. The summed E-state index contributed by atoms with van der Waals surface area (Å²) < 4.78 is 13.9. The van der Waals surface area contributed by atoms with Gasteiger partial charge in [0.25, 0.3) is 0 Å². The molecule has 0 amide bonds. The minimum absolute atomic E-state index is 0.0319. The highest BCUT2D eigenvalue weighted by molar-refractivity contribution is 9.10. The van der Waals surface area contributed by atoms with E-state index in [9.17, 15) is 9.30 Å². The third-order valence-corrected chi connectivity index (χ3v) is 4.44. The molecular formula is C14H12BrFN4O. The van der Waals surface area contributed by atoms with Gasteiger partial charge in [0, 0.05) is 16.2 Å². The van der Waals surface area contributed by atoms with E-state index in [1.165, 1.54) is 12.1 Å². The van der Waals surface area contributed by atoms with Crippen LogP contribution in [0.5, 0.6) is 0 Å². The van der Waals surface area contributed by atoms with Crippen LogP contribution in [-0.4, -0.2) is 9.97 Å². The Morgan fingerprint density at radius 1 is 1.38 bits per heavy atom. The van der Waals surface area contributed by atoms with E-state index >= 15 is 0 Å². The SMILES string of the molecule is Nc1ncc2c(n1)CC(c1ccc(F)cc1Br)CC2N=O.